The Bertz CT molecular complexity index is 1100. The molecule has 0 bridgehead atoms. The number of rotatable bonds is 9. The lowest BCUT2D eigenvalue weighted by Crippen LogP contribution is -2.26. The molecule has 3 rings (SSSR count). The Morgan fingerprint density at radius 3 is 2.61 bits per heavy atom. The van der Waals surface area contributed by atoms with Crippen LogP contribution in [0.5, 0.6) is 0 Å². The molecule has 0 atom stereocenters. The van der Waals surface area contributed by atoms with Crippen LogP contribution in [0.4, 0.5) is 29.2 Å². The summed E-state index contributed by atoms with van der Waals surface area (Å²) in [5, 5.41) is 16.5. The van der Waals surface area contributed by atoms with Crippen LogP contribution in [0.1, 0.15) is 19.4 Å². The maximum absolute atomic E-state index is 14.5. The summed E-state index contributed by atoms with van der Waals surface area (Å²) in [7, 11) is 0. The number of alkyl halides is 4. The van der Waals surface area contributed by atoms with Crippen LogP contribution in [0.3, 0.4) is 0 Å². The van der Waals surface area contributed by atoms with E-state index < -0.39 is 28.9 Å². The zero-order chi connectivity index (χ0) is 24.2. The van der Waals surface area contributed by atoms with Crippen LogP contribution in [-0.4, -0.2) is 42.9 Å². The average molecular weight is 505 g/mol. The highest BCUT2D eigenvalue weighted by Crippen LogP contribution is 2.36. The first-order valence-corrected chi connectivity index (χ1v) is 11.0. The number of aromatic nitrogens is 4. The van der Waals surface area contributed by atoms with Gasteiger partial charge in [0, 0.05) is 35.3 Å². The highest BCUT2D eigenvalue weighted by Gasteiger charge is 2.36. The largest absolute Gasteiger partial charge is 0.419 e. The Morgan fingerprint density at radius 1 is 1.21 bits per heavy atom. The molecule has 2 heterocycles. The van der Waals surface area contributed by atoms with Crippen molar-refractivity contribution in [3.63, 3.8) is 0 Å². The van der Waals surface area contributed by atoms with Gasteiger partial charge in [-0.2, -0.15) is 18.3 Å². The molecule has 0 fully saturated rings. The van der Waals surface area contributed by atoms with E-state index in [0.717, 1.165) is 0 Å². The topological polar surface area (TPSA) is 87.9 Å². The molecule has 0 aliphatic heterocycles. The third-order valence-corrected chi connectivity index (χ3v) is 5.15. The molecule has 0 radical (unpaired) electrons. The van der Waals surface area contributed by atoms with Crippen molar-refractivity contribution in [2.45, 2.75) is 37.1 Å². The van der Waals surface area contributed by atoms with Crippen molar-refractivity contribution in [1.29, 1.82) is 0 Å². The standard InChI is InChI=1S/C20H21ClF4N6OS/c1-19(2,32)11-31-10-12(8-27-31)17-14(20(23,24)25)9-26-18(30-17)29-16-4-3-13(7-15(16)22)33-28-6-5-21/h3-4,7-10,28,32H,5-6,11H2,1-2H3,(H,26,29,30). The monoisotopic (exact) mass is 504 g/mol. The molecule has 2 aromatic heterocycles. The number of benzene rings is 1. The quantitative estimate of drug-likeness (QED) is 0.166. The molecule has 0 unspecified atom stereocenters. The number of halogens is 5. The normalized spacial score (nSPS) is 12.2. The number of nitrogens with zero attached hydrogens (tertiary/aromatic N) is 4. The lowest BCUT2D eigenvalue weighted by atomic mass is 10.1. The summed E-state index contributed by atoms with van der Waals surface area (Å²) in [5.41, 5.74) is -2.52. The highest BCUT2D eigenvalue weighted by atomic mass is 35.5. The number of hydrogen-bond donors (Lipinski definition) is 3. The van der Waals surface area contributed by atoms with Crippen LogP contribution in [-0.2, 0) is 12.7 Å². The zero-order valence-corrected chi connectivity index (χ0v) is 19.2. The first-order chi connectivity index (χ1) is 15.5. The van der Waals surface area contributed by atoms with E-state index in [1.165, 1.54) is 41.2 Å². The predicted molar refractivity (Wildman–Crippen MR) is 119 cm³/mol. The van der Waals surface area contributed by atoms with Gasteiger partial charge in [-0.3, -0.25) is 9.40 Å². The van der Waals surface area contributed by atoms with Gasteiger partial charge in [0.1, 0.15) is 11.4 Å². The summed E-state index contributed by atoms with van der Waals surface area (Å²) in [4.78, 5) is 8.28. The third-order valence-electron chi connectivity index (χ3n) is 4.12. The van der Waals surface area contributed by atoms with Gasteiger partial charge in [0.05, 0.1) is 29.7 Å². The predicted octanol–water partition coefficient (Wildman–Crippen LogP) is 4.85. The number of aliphatic hydroxyl groups is 1. The summed E-state index contributed by atoms with van der Waals surface area (Å²) in [5.74, 6) is -0.442. The lowest BCUT2D eigenvalue weighted by molar-refractivity contribution is -0.137. The van der Waals surface area contributed by atoms with Crippen molar-refractivity contribution < 1.29 is 22.7 Å². The Morgan fingerprint density at radius 2 is 1.97 bits per heavy atom. The SMILES string of the molecule is CC(C)(O)Cn1cc(-c2nc(Nc3ccc(SNCCCl)cc3F)ncc2C(F)(F)F)cn1. The molecule has 1 aromatic carbocycles. The summed E-state index contributed by atoms with van der Waals surface area (Å²) in [6.45, 7) is 3.70. The zero-order valence-electron chi connectivity index (χ0n) is 17.6. The van der Waals surface area contributed by atoms with Gasteiger partial charge in [-0.1, -0.05) is 0 Å². The fraction of sp³-hybridized carbons (Fsp3) is 0.350. The van der Waals surface area contributed by atoms with Crippen LogP contribution in [0, 0.1) is 5.82 Å². The summed E-state index contributed by atoms with van der Waals surface area (Å²) < 4.78 is 59.5. The van der Waals surface area contributed by atoms with E-state index in [4.69, 9.17) is 11.6 Å². The molecule has 0 saturated carbocycles. The molecule has 13 heteroatoms. The van der Waals surface area contributed by atoms with Crippen molar-refractivity contribution in [1.82, 2.24) is 24.5 Å². The molecule has 3 N–H and O–H groups in total. The lowest BCUT2D eigenvalue weighted by Gasteiger charge is -2.16. The molecule has 0 spiro atoms. The van der Waals surface area contributed by atoms with E-state index in [9.17, 15) is 22.7 Å². The molecule has 0 saturated heterocycles. The number of anilines is 2. The molecule has 7 nitrogen and oxygen atoms in total. The van der Waals surface area contributed by atoms with Gasteiger partial charge in [-0.05, 0) is 44.0 Å². The van der Waals surface area contributed by atoms with E-state index in [1.807, 2.05) is 0 Å². The molecular formula is C20H21ClF4N6OS. The smallest absolute Gasteiger partial charge is 0.389 e. The Balaban J connectivity index is 1.89. The number of nitrogens with one attached hydrogen (secondary N) is 2. The van der Waals surface area contributed by atoms with Crippen molar-refractivity contribution in [2.24, 2.45) is 0 Å². The number of hydrogen-bond acceptors (Lipinski definition) is 7. The average Bonchev–Trinajstić information content (AvgIpc) is 3.16. The van der Waals surface area contributed by atoms with Crippen LogP contribution >= 0.6 is 23.5 Å². The van der Waals surface area contributed by atoms with Gasteiger partial charge in [-0.25, -0.2) is 14.4 Å². The van der Waals surface area contributed by atoms with Gasteiger partial charge in [0.2, 0.25) is 5.95 Å². The maximum Gasteiger partial charge on any atom is 0.419 e. The van der Waals surface area contributed by atoms with Gasteiger partial charge in [0.25, 0.3) is 0 Å². The van der Waals surface area contributed by atoms with Crippen LogP contribution in [0.25, 0.3) is 11.3 Å². The van der Waals surface area contributed by atoms with E-state index in [2.05, 4.69) is 25.1 Å². The van der Waals surface area contributed by atoms with Crippen LogP contribution < -0.4 is 10.0 Å². The molecule has 0 amide bonds. The second-order valence-corrected chi connectivity index (χ2v) is 8.99. The maximum atomic E-state index is 14.5. The Kier molecular flexibility index (Phi) is 7.83. The molecular weight excluding hydrogens is 484 g/mol. The molecule has 3 aromatic rings. The Hall–Kier alpha value is -2.41. The van der Waals surface area contributed by atoms with Crippen LogP contribution in [0.2, 0.25) is 0 Å². The minimum absolute atomic E-state index is 0.000118. The highest BCUT2D eigenvalue weighted by molar-refractivity contribution is 7.97. The van der Waals surface area contributed by atoms with Crippen molar-refractivity contribution in [3.05, 3.63) is 48.2 Å². The van der Waals surface area contributed by atoms with E-state index in [-0.39, 0.29) is 23.7 Å². The van der Waals surface area contributed by atoms with Crippen LogP contribution in [0.15, 0.2) is 41.7 Å². The van der Waals surface area contributed by atoms with Crippen molar-refractivity contribution in [2.75, 3.05) is 17.7 Å². The van der Waals surface area contributed by atoms with Gasteiger partial charge in [0.15, 0.2) is 0 Å². The summed E-state index contributed by atoms with van der Waals surface area (Å²) >= 11 is 6.78. The minimum Gasteiger partial charge on any atom is -0.389 e. The summed E-state index contributed by atoms with van der Waals surface area (Å²) in [6.07, 6.45) is -1.52. The second-order valence-electron chi connectivity index (χ2n) is 7.64. The van der Waals surface area contributed by atoms with E-state index in [0.29, 0.717) is 23.5 Å². The third kappa shape index (κ3) is 7.03. The fourth-order valence-corrected chi connectivity index (χ4v) is 3.67. The van der Waals surface area contributed by atoms with Gasteiger partial charge < -0.3 is 10.4 Å². The molecule has 0 aliphatic carbocycles. The first kappa shape index (κ1) is 25.2. The fourth-order valence-electron chi connectivity index (χ4n) is 2.79. The van der Waals surface area contributed by atoms with Gasteiger partial charge in [-0.15, -0.1) is 11.6 Å². The minimum atomic E-state index is -4.72. The van der Waals surface area contributed by atoms with Crippen molar-refractivity contribution in [3.8, 4) is 11.3 Å². The second kappa shape index (κ2) is 10.2. The first-order valence-electron chi connectivity index (χ1n) is 9.68. The molecule has 178 valence electrons. The summed E-state index contributed by atoms with van der Waals surface area (Å²) in [6, 6.07) is 4.32. The Labute approximate surface area is 196 Å². The molecule has 33 heavy (non-hydrogen) atoms. The van der Waals surface area contributed by atoms with Crippen molar-refractivity contribution >= 4 is 35.2 Å². The van der Waals surface area contributed by atoms with E-state index >= 15 is 0 Å². The van der Waals surface area contributed by atoms with Gasteiger partial charge >= 0.3 is 6.18 Å². The molecule has 0 aliphatic rings. The van der Waals surface area contributed by atoms with E-state index in [1.54, 1.807) is 19.9 Å².